The summed E-state index contributed by atoms with van der Waals surface area (Å²) in [6.07, 6.45) is 3.17. The summed E-state index contributed by atoms with van der Waals surface area (Å²) >= 11 is 0. The third-order valence-corrected chi connectivity index (χ3v) is 2.47. The lowest BCUT2D eigenvalue weighted by Gasteiger charge is -2.16. The Balaban J connectivity index is 2.33. The summed E-state index contributed by atoms with van der Waals surface area (Å²) in [7, 11) is 1.64. The Hall–Kier alpha value is -0.610. The van der Waals surface area contributed by atoms with E-state index in [-0.39, 0.29) is 17.9 Å². The molecule has 4 heteroatoms. The van der Waals surface area contributed by atoms with E-state index >= 15 is 0 Å². The zero-order chi connectivity index (χ0) is 9.68. The van der Waals surface area contributed by atoms with Crippen LogP contribution in [-0.2, 0) is 9.53 Å². The average molecular weight is 186 g/mol. The van der Waals surface area contributed by atoms with Crippen molar-refractivity contribution in [3.8, 4) is 0 Å². The van der Waals surface area contributed by atoms with Gasteiger partial charge in [0, 0.05) is 20.2 Å². The molecule has 76 valence electrons. The lowest BCUT2D eigenvalue weighted by atomic mass is 9.99. The Labute approximate surface area is 78.8 Å². The Kier molecular flexibility index (Phi) is 4.18. The molecule has 0 aromatic carbocycles. The molecule has 4 nitrogen and oxygen atoms in total. The van der Waals surface area contributed by atoms with Crippen LogP contribution in [0, 0.1) is 5.92 Å². The average Bonchev–Trinajstić information content (AvgIpc) is 2.65. The second-order valence-corrected chi connectivity index (χ2v) is 3.42. The van der Waals surface area contributed by atoms with Gasteiger partial charge in [-0.3, -0.25) is 4.79 Å². The molecular weight excluding hydrogens is 168 g/mol. The predicted octanol–water partition coefficient (Wildman–Crippen LogP) is -0.124. The standard InChI is InChI=1S/C9H18N2O2/c1-11-9(12)7(6-10)5-8-3-2-4-13-8/h7-8H,2-6,10H2,1H3,(H,11,12). The van der Waals surface area contributed by atoms with Crippen LogP contribution < -0.4 is 11.1 Å². The first-order valence-electron chi connectivity index (χ1n) is 4.81. The molecule has 0 spiro atoms. The van der Waals surface area contributed by atoms with E-state index in [1.165, 1.54) is 0 Å². The molecule has 1 aliphatic heterocycles. The molecule has 1 heterocycles. The molecule has 13 heavy (non-hydrogen) atoms. The topological polar surface area (TPSA) is 64.4 Å². The van der Waals surface area contributed by atoms with E-state index in [4.69, 9.17) is 10.5 Å². The lowest BCUT2D eigenvalue weighted by Crippen LogP contribution is -2.34. The van der Waals surface area contributed by atoms with Crippen molar-refractivity contribution in [1.82, 2.24) is 5.32 Å². The maximum Gasteiger partial charge on any atom is 0.224 e. The Morgan fingerprint density at radius 2 is 2.54 bits per heavy atom. The molecule has 0 bridgehead atoms. The number of rotatable bonds is 4. The number of amides is 1. The smallest absolute Gasteiger partial charge is 0.224 e. The van der Waals surface area contributed by atoms with Gasteiger partial charge in [-0.05, 0) is 19.3 Å². The fourth-order valence-electron chi connectivity index (χ4n) is 1.66. The SMILES string of the molecule is CNC(=O)C(CN)CC1CCCO1. The molecule has 0 aromatic heterocycles. The van der Waals surface area contributed by atoms with Gasteiger partial charge in [0.2, 0.25) is 5.91 Å². The molecule has 2 unspecified atom stereocenters. The van der Waals surface area contributed by atoms with Gasteiger partial charge < -0.3 is 15.8 Å². The van der Waals surface area contributed by atoms with Crippen molar-refractivity contribution in [1.29, 1.82) is 0 Å². The van der Waals surface area contributed by atoms with Crippen LogP contribution in [0.4, 0.5) is 0 Å². The second kappa shape index (κ2) is 5.19. The zero-order valence-corrected chi connectivity index (χ0v) is 8.08. The molecular formula is C9H18N2O2. The number of nitrogens with two attached hydrogens (primary N) is 1. The number of hydrogen-bond donors (Lipinski definition) is 2. The van der Waals surface area contributed by atoms with E-state index in [0.717, 1.165) is 25.9 Å². The molecule has 0 aromatic rings. The fourth-order valence-corrected chi connectivity index (χ4v) is 1.66. The minimum absolute atomic E-state index is 0.0259. The number of carbonyl (C=O) groups excluding carboxylic acids is 1. The summed E-state index contributed by atoms with van der Waals surface area (Å²) in [5.74, 6) is -0.0638. The highest BCUT2D eigenvalue weighted by Gasteiger charge is 2.23. The molecule has 1 aliphatic rings. The van der Waals surface area contributed by atoms with Gasteiger partial charge in [-0.1, -0.05) is 0 Å². The zero-order valence-electron chi connectivity index (χ0n) is 8.08. The molecule has 1 saturated heterocycles. The highest BCUT2D eigenvalue weighted by atomic mass is 16.5. The van der Waals surface area contributed by atoms with Gasteiger partial charge in [0.15, 0.2) is 0 Å². The highest BCUT2D eigenvalue weighted by molar-refractivity contribution is 5.78. The summed E-state index contributed by atoms with van der Waals surface area (Å²) in [6.45, 7) is 1.23. The van der Waals surface area contributed by atoms with Gasteiger partial charge in [-0.25, -0.2) is 0 Å². The van der Waals surface area contributed by atoms with Crippen molar-refractivity contribution in [3.63, 3.8) is 0 Å². The van der Waals surface area contributed by atoms with Gasteiger partial charge in [0.25, 0.3) is 0 Å². The summed E-state index contributed by atoms with van der Waals surface area (Å²) in [5.41, 5.74) is 5.51. The van der Waals surface area contributed by atoms with Crippen molar-refractivity contribution >= 4 is 5.91 Å². The Morgan fingerprint density at radius 3 is 3.00 bits per heavy atom. The molecule has 3 N–H and O–H groups in total. The molecule has 0 saturated carbocycles. The van der Waals surface area contributed by atoms with Crippen LogP contribution in [0.2, 0.25) is 0 Å². The van der Waals surface area contributed by atoms with Crippen LogP contribution in [0.1, 0.15) is 19.3 Å². The maximum absolute atomic E-state index is 11.3. The molecule has 0 aliphatic carbocycles. The van der Waals surface area contributed by atoms with E-state index < -0.39 is 0 Å². The normalized spacial score (nSPS) is 24.3. The van der Waals surface area contributed by atoms with Crippen molar-refractivity contribution in [3.05, 3.63) is 0 Å². The predicted molar refractivity (Wildman–Crippen MR) is 50.2 cm³/mol. The third-order valence-electron chi connectivity index (χ3n) is 2.47. The highest BCUT2D eigenvalue weighted by Crippen LogP contribution is 2.19. The van der Waals surface area contributed by atoms with Crippen molar-refractivity contribution in [2.45, 2.75) is 25.4 Å². The summed E-state index contributed by atoms with van der Waals surface area (Å²) < 4.78 is 5.44. The molecule has 1 rings (SSSR count). The first kappa shape index (κ1) is 10.5. The quantitative estimate of drug-likeness (QED) is 0.643. The first-order valence-corrected chi connectivity index (χ1v) is 4.81. The van der Waals surface area contributed by atoms with Crippen LogP contribution in [0.25, 0.3) is 0 Å². The summed E-state index contributed by atoms with van der Waals surface area (Å²) in [4.78, 5) is 11.3. The Bertz CT molecular complexity index is 167. The number of hydrogen-bond acceptors (Lipinski definition) is 3. The van der Waals surface area contributed by atoms with Crippen LogP contribution >= 0.6 is 0 Å². The monoisotopic (exact) mass is 186 g/mol. The van der Waals surface area contributed by atoms with Crippen LogP contribution in [0.5, 0.6) is 0 Å². The third kappa shape index (κ3) is 2.97. The van der Waals surface area contributed by atoms with E-state index in [9.17, 15) is 4.79 Å². The van der Waals surface area contributed by atoms with Gasteiger partial charge in [0.1, 0.15) is 0 Å². The van der Waals surface area contributed by atoms with E-state index in [2.05, 4.69) is 5.32 Å². The maximum atomic E-state index is 11.3. The van der Waals surface area contributed by atoms with Gasteiger partial charge >= 0.3 is 0 Å². The van der Waals surface area contributed by atoms with Crippen LogP contribution in [0.3, 0.4) is 0 Å². The van der Waals surface area contributed by atoms with E-state index in [0.29, 0.717) is 6.54 Å². The van der Waals surface area contributed by atoms with Crippen molar-refractivity contribution in [2.75, 3.05) is 20.2 Å². The summed E-state index contributed by atoms with van der Waals surface area (Å²) in [5, 5.41) is 2.62. The molecule has 1 amide bonds. The fraction of sp³-hybridized carbons (Fsp3) is 0.889. The minimum Gasteiger partial charge on any atom is -0.378 e. The van der Waals surface area contributed by atoms with Crippen LogP contribution in [0.15, 0.2) is 0 Å². The lowest BCUT2D eigenvalue weighted by molar-refractivity contribution is -0.125. The molecule has 2 atom stereocenters. The van der Waals surface area contributed by atoms with E-state index in [1.807, 2.05) is 0 Å². The minimum atomic E-state index is -0.0897. The van der Waals surface area contributed by atoms with Crippen molar-refractivity contribution < 1.29 is 9.53 Å². The molecule has 1 fully saturated rings. The second-order valence-electron chi connectivity index (χ2n) is 3.42. The first-order chi connectivity index (χ1) is 6.27. The van der Waals surface area contributed by atoms with Gasteiger partial charge in [0.05, 0.1) is 12.0 Å². The van der Waals surface area contributed by atoms with E-state index in [1.54, 1.807) is 7.05 Å². The number of nitrogens with one attached hydrogen (secondary N) is 1. The van der Waals surface area contributed by atoms with Gasteiger partial charge in [-0.2, -0.15) is 0 Å². The number of ether oxygens (including phenoxy) is 1. The van der Waals surface area contributed by atoms with Gasteiger partial charge in [-0.15, -0.1) is 0 Å². The summed E-state index contributed by atoms with van der Waals surface area (Å²) in [6, 6.07) is 0. The van der Waals surface area contributed by atoms with Crippen molar-refractivity contribution in [2.24, 2.45) is 11.7 Å². The largest absolute Gasteiger partial charge is 0.378 e. The Morgan fingerprint density at radius 1 is 1.77 bits per heavy atom. The molecule has 0 radical (unpaired) electrons. The van der Waals surface area contributed by atoms with Crippen LogP contribution in [-0.4, -0.2) is 32.2 Å². The number of carbonyl (C=O) groups is 1.